The third kappa shape index (κ3) is 4.46. The minimum atomic E-state index is -0.0691. The Morgan fingerprint density at radius 3 is 2.18 bits per heavy atom. The van der Waals surface area contributed by atoms with Crippen molar-refractivity contribution in [2.45, 2.75) is 25.3 Å². The molecule has 1 aromatic carbocycles. The van der Waals surface area contributed by atoms with Gasteiger partial charge >= 0.3 is 0 Å². The van der Waals surface area contributed by atoms with Gasteiger partial charge in [-0.3, -0.25) is 9.59 Å². The second kappa shape index (κ2) is 9.44. The van der Waals surface area contributed by atoms with Crippen LogP contribution in [0, 0.1) is 17.8 Å². The van der Waals surface area contributed by atoms with Crippen LogP contribution in [0.2, 0.25) is 0 Å². The Bertz CT molecular complexity index is 690. The molecule has 1 aliphatic heterocycles. The number of rotatable bonds is 3. The summed E-state index contributed by atoms with van der Waals surface area (Å²) >= 11 is 0. The molecule has 4 rings (SSSR count). The molecular weight excluding hydrogens is 399 g/mol. The van der Waals surface area contributed by atoms with Gasteiger partial charge in [-0.25, -0.2) is 0 Å². The summed E-state index contributed by atoms with van der Waals surface area (Å²) in [4.78, 5) is 29.3. The van der Waals surface area contributed by atoms with Crippen LogP contribution in [0.15, 0.2) is 24.3 Å². The van der Waals surface area contributed by atoms with E-state index >= 15 is 0 Å². The first-order chi connectivity index (χ1) is 12.5. The molecule has 6 nitrogen and oxygen atoms in total. The molecule has 28 heavy (non-hydrogen) atoms. The van der Waals surface area contributed by atoms with Crippen LogP contribution >= 0.6 is 24.8 Å². The van der Waals surface area contributed by atoms with Crippen LogP contribution in [0.4, 0.5) is 5.69 Å². The Hall–Kier alpha value is -1.34. The molecule has 1 saturated heterocycles. The number of anilines is 1. The standard InChI is InChI=1S/C20H28N4O2.2ClH/c1-23-8-10-24(11-9-23)20(26)13-4-6-16(7-5-13)22-19(25)17-14-2-3-15(12-14)18(17)21;;/h4-7,14-15,17-18H,2-3,8-12,21H2,1H3,(H,22,25);2*1H. The molecule has 4 atom stereocenters. The number of nitrogens with two attached hydrogens (primary N) is 1. The van der Waals surface area contributed by atoms with E-state index in [0.717, 1.165) is 44.7 Å². The van der Waals surface area contributed by atoms with Crippen molar-refractivity contribution in [2.24, 2.45) is 23.5 Å². The lowest BCUT2D eigenvalue weighted by Gasteiger charge is -2.32. The second-order valence-electron chi connectivity index (χ2n) is 8.10. The van der Waals surface area contributed by atoms with E-state index < -0.39 is 0 Å². The van der Waals surface area contributed by atoms with Crippen molar-refractivity contribution in [1.29, 1.82) is 0 Å². The number of hydrogen-bond donors (Lipinski definition) is 2. The number of nitrogens with one attached hydrogen (secondary N) is 1. The van der Waals surface area contributed by atoms with Crippen molar-refractivity contribution < 1.29 is 9.59 Å². The lowest BCUT2D eigenvalue weighted by atomic mass is 9.84. The van der Waals surface area contributed by atoms with E-state index in [9.17, 15) is 9.59 Å². The smallest absolute Gasteiger partial charge is 0.253 e. The van der Waals surface area contributed by atoms with Crippen molar-refractivity contribution in [2.75, 3.05) is 38.5 Å². The van der Waals surface area contributed by atoms with Crippen molar-refractivity contribution in [3.05, 3.63) is 29.8 Å². The average Bonchev–Trinajstić information content (AvgIpc) is 3.23. The number of carbonyl (C=O) groups is 2. The van der Waals surface area contributed by atoms with E-state index in [0.29, 0.717) is 17.4 Å². The zero-order valence-corrected chi connectivity index (χ0v) is 17.8. The number of fused-ring (bicyclic) bond motifs is 2. The van der Waals surface area contributed by atoms with Crippen molar-refractivity contribution in [3.8, 4) is 0 Å². The number of amides is 2. The summed E-state index contributed by atoms with van der Waals surface area (Å²) in [5.74, 6) is 0.974. The lowest BCUT2D eigenvalue weighted by molar-refractivity contribution is -0.121. The zero-order valence-electron chi connectivity index (χ0n) is 16.2. The van der Waals surface area contributed by atoms with Gasteiger partial charge in [-0.2, -0.15) is 0 Å². The molecule has 8 heteroatoms. The van der Waals surface area contributed by atoms with Gasteiger partial charge < -0.3 is 20.9 Å². The summed E-state index contributed by atoms with van der Waals surface area (Å²) in [6, 6.07) is 7.24. The van der Waals surface area contributed by atoms with Gasteiger partial charge in [-0.1, -0.05) is 0 Å². The van der Waals surface area contributed by atoms with Crippen LogP contribution in [0.3, 0.4) is 0 Å². The zero-order chi connectivity index (χ0) is 18.3. The van der Waals surface area contributed by atoms with E-state index in [-0.39, 0.29) is 48.6 Å². The maximum Gasteiger partial charge on any atom is 0.253 e. The predicted octanol–water partition coefficient (Wildman–Crippen LogP) is 2.23. The van der Waals surface area contributed by atoms with Gasteiger partial charge in [0.25, 0.3) is 5.91 Å². The number of benzene rings is 1. The molecule has 2 bridgehead atoms. The molecule has 4 unspecified atom stereocenters. The molecule has 2 aliphatic carbocycles. The highest BCUT2D eigenvalue weighted by Crippen LogP contribution is 2.47. The lowest BCUT2D eigenvalue weighted by Crippen LogP contribution is -2.47. The molecule has 3 aliphatic rings. The second-order valence-corrected chi connectivity index (χ2v) is 8.10. The van der Waals surface area contributed by atoms with Gasteiger partial charge in [0.15, 0.2) is 0 Å². The summed E-state index contributed by atoms with van der Waals surface area (Å²) in [6.45, 7) is 3.33. The molecule has 3 N–H and O–H groups in total. The van der Waals surface area contributed by atoms with Crippen LogP contribution in [0.25, 0.3) is 0 Å². The molecule has 0 spiro atoms. The fourth-order valence-corrected chi connectivity index (χ4v) is 4.84. The number of nitrogens with zero attached hydrogens (tertiary/aromatic N) is 2. The predicted molar refractivity (Wildman–Crippen MR) is 115 cm³/mol. The molecule has 3 fully saturated rings. The first-order valence-corrected chi connectivity index (χ1v) is 9.67. The van der Waals surface area contributed by atoms with E-state index in [1.54, 1.807) is 12.1 Å². The van der Waals surface area contributed by atoms with Crippen LogP contribution in [-0.4, -0.2) is 60.9 Å². The number of halogens is 2. The van der Waals surface area contributed by atoms with Gasteiger partial charge in [-0.05, 0) is 62.4 Å². The van der Waals surface area contributed by atoms with Gasteiger partial charge in [-0.15, -0.1) is 24.8 Å². The van der Waals surface area contributed by atoms with Crippen LogP contribution in [-0.2, 0) is 4.79 Å². The van der Waals surface area contributed by atoms with Gasteiger partial charge in [0.2, 0.25) is 5.91 Å². The average molecular weight is 429 g/mol. The number of likely N-dealkylation sites (N-methyl/N-ethyl adjacent to an activating group) is 1. The molecule has 156 valence electrons. The first-order valence-electron chi connectivity index (χ1n) is 9.67. The topological polar surface area (TPSA) is 78.7 Å². The van der Waals surface area contributed by atoms with E-state index in [2.05, 4.69) is 17.3 Å². The van der Waals surface area contributed by atoms with Crippen LogP contribution < -0.4 is 11.1 Å². The Labute approximate surface area is 179 Å². The maximum absolute atomic E-state index is 12.6. The highest BCUT2D eigenvalue weighted by atomic mass is 35.5. The molecule has 1 aromatic rings. The monoisotopic (exact) mass is 428 g/mol. The maximum atomic E-state index is 12.6. The van der Waals surface area contributed by atoms with Crippen LogP contribution in [0.5, 0.6) is 0 Å². The molecule has 1 heterocycles. The fraction of sp³-hybridized carbons (Fsp3) is 0.600. The third-order valence-electron chi connectivity index (χ3n) is 6.47. The first kappa shape index (κ1) is 22.9. The van der Waals surface area contributed by atoms with Gasteiger partial charge in [0.1, 0.15) is 0 Å². The van der Waals surface area contributed by atoms with E-state index in [1.165, 1.54) is 6.42 Å². The highest BCUT2D eigenvalue weighted by Gasteiger charge is 2.49. The summed E-state index contributed by atoms with van der Waals surface area (Å²) < 4.78 is 0. The number of carbonyl (C=O) groups excluding carboxylic acids is 2. The van der Waals surface area contributed by atoms with Gasteiger partial charge in [0, 0.05) is 43.5 Å². The van der Waals surface area contributed by atoms with Crippen LogP contribution in [0.1, 0.15) is 29.6 Å². The number of piperazine rings is 1. The van der Waals surface area contributed by atoms with E-state index in [1.807, 2.05) is 17.0 Å². The SMILES string of the molecule is CN1CCN(C(=O)c2ccc(NC(=O)C3C4CCC(C4)C3N)cc2)CC1.Cl.Cl. The Kier molecular flexibility index (Phi) is 7.73. The van der Waals surface area contributed by atoms with Crippen molar-refractivity contribution in [1.82, 2.24) is 9.80 Å². The Morgan fingerprint density at radius 1 is 1.00 bits per heavy atom. The molecule has 0 aromatic heterocycles. The highest BCUT2D eigenvalue weighted by molar-refractivity contribution is 5.96. The van der Waals surface area contributed by atoms with Crippen molar-refractivity contribution in [3.63, 3.8) is 0 Å². The fourth-order valence-electron chi connectivity index (χ4n) is 4.84. The summed E-state index contributed by atoms with van der Waals surface area (Å²) in [6.07, 6.45) is 3.38. The largest absolute Gasteiger partial charge is 0.336 e. The molecule has 2 amide bonds. The van der Waals surface area contributed by atoms with Crippen molar-refractivity contribution >= 4 is 42.3 Å². The Morgan fingerprint density at radius 2 is 1.61 bits per heavy atom. The number of hydrogen-bond acceptors (Lipinski definition) is 4. The molecular formula is C20H30Cl2N4O2. The minimum Gasteiger partial charge on any atom is -0.336 e. The summed E-state index contributed by atoms with van der Waals surface area (Å²) in [7, 11) is 2.07. The normalized spacial score (nSPS) is 29.0. The third-order valence-corrected chi connectivity index (χ3v) is 6.47. The Balaban J connectivity index is 0.00000140. The minimum absolute atomic E-state index is 0. The quantitative estimate of drug-likeness (QED) is 0.773. The van der Waals surface area contributed by atoms with Gasteiger partial charge in [0.05, 0.1) is 5.92 Å². The summed E-state index contributed by atoms with van der Waals surface area (Å²) in [5, 5.41) is 3.00. The molecule has 0 radical (unpaired) electrons. The van der Waals surface area contributed by atoms with E-state index in [4.69, 9.17) is 5.73 Å². The summed E-state index contributed by atoms with van der Waals surface area (Å²) in [5.41, 5.74) is 7.67. The molecule has 2 saturated carbocycles.